The molecule has 0 aliphatic carbocycles. The topological polar surface area (TPSA) is 63.3 Å². The van der Waals surface area contributed by atoms with Gasteiger partial charge in [-0.05, 0) is 69.6 Å². The van der Waals surface area contributed by atoms with E-state index in [-0.39, 0.29) is 11.7 Å². The molecule has 1 aliphatic heterocycles. The second-order valence-corrected chi connectivity index (χ2v) is 8.27. The van der Waals surface area contributed by atoms with Gasteiger partial charge in [0.15, 0.2) is 5.76 Å². The van der Waals surface area contributed by atoms with Crippen molar-refractivity contribution in [1.29, 1.82) is 0 Å². The first-order valence-corrected chi connectivity index (χ1v) is 10.8. The lowest BCUT2D eigenvalue weighted by Crippen LogP contribution is -2.29. The van der Waals surface area contributed by atoms with Crippen molar-refractivity contribution in [2.24, 2.45) is 0 Å². The number of hydrogen-bond donors (Lipinski definition) is 1. The molecular formula is C23H27ClN4O2. The summed E-state index contributed by atoms with van der Waals surface area (Å²) in [6.07, 6.45) is 3.91. The van der Waals surface area contributed by atoms with Crippen LogP contribution in [0.15, 0.2) is 40.8 Å². The zero-order chi connectivity index (χ0) is 21.1. The second-order valence-electron chi connectivity index (χ2n) is 7.90. The highest BCUT2D eigenvalue weighted by Gasteiger charge is 2.15. The second kappa shape index (κ2) is 9.06. The van der Waals surface area contributed by atoms with Crippen molar-refractivity contribution in [3.05, 3.63) is 69.9 Å². The van der Waals surface area contributed by atoms with Crippen LogP contribution in [0.1, 0.15) is 52.5 Å². The summed E-state index contributed by atoms with van der Waals surface area (Å²) in [5.41, 5.74) is 3.67. The Labute approximate surface area is 181 Å². The molecule has 1 aliphatic rings. The minimum Gasteiger partial charge on any atom is -0.454 e. The molecule has 1 N–H and O–H groups in total. The zero-order valence-corrected chi connectivity index (χ0v) is 18.2. The number of furan rings is 1. The number of carbonyl (C=O) groups excluding carboxylic acids is 1. The van der Waals surface area contributed by atoms with E-state index in [4.69, 9.17) is 16.0 Å². The number of hydrogen-bond acceptors (Lipinski definition) is 4. The van der Waals surface area contributed by atoms with E-state index < -0.39 is 0 Å². The summed E-state index contributed by atoms with van der Waals surface area (Å²) >= 11 is 6.20. The minimum absolute atomic E-state index is 0.267. The maximum absolute atomic E-state index is 12.6. The third kappa shape index (κ3) is 4.77. The van der Waals surface area contributed by atoms with E-state index in [1.807, 2.05) is 26.0 Å². The molecule has 2 aromatic heterocycles. The molecule has 1 saturated heterocycles. The number of benzene rings is 1. The highest BCUT2D eigenvalue weighted by atomic mass is 35.5. The van der Waals surface area contributed by atoms with E-state index >= 15 is 0 Å². The summed E-state index contributed by atoms with van der Waals surface area (Å²) in [5, 5.41) is 7.95. The van der Waals surface area contributed by atoms with E-state index in [0.29, 0.717) is 17.3 Å². The van der Waals surface area contributed by atoms with E-state index in [0.717, 1.165) is 23.6 Å². The Kier molecular flexibility index (Phi) is 6.25. The zero-order valence-electron chi connectivity index (χ0n) is 17.4. The van der Waals surface area contributed by atoms with Crippen LogP contribution < -0.4 is 5.32 Å². The van der Waals surface area contributed by atoms with Crippen LogP contribution in [0.2, 0.25) is 5.02 Å². The fourth-order valence-electron chi connectivity index (χ4n) is 3.82. The van der Waals surface area contributed by atoms with Crippen LogP contribution in [0.25, 0.3) is 0 Å². The molecule has 30 heavy (non-hydrogen) atoms. The molecule has 3 aromatic rings. The number of anilines is 1. The smallest absolute Gasteiger partial charge is 0.291 e. The van der Waals surface area contributed by atoms with Gasteiger partial charge in [0.1, 0.15) is 5.76 Å². The number of carbonyl (C=O) groups is 1. The van der Waals surface area contributed by atoms with Gasteiger partial charge in [0.25, 0.3) is 5.91 Å². The third-order valence-electron chi connectivity index (χ3n) is 5.55. The summed E-state index contributed by atoms with van der Waals surface area (Å²) in [4.78, 5) is 15.0. The Morgan fingerprint density at radius 2 is 1.80 bits per heavy atom. The lowest BCUT2D eigenvalue weighted by molar-refractivity contribution is 0.0994. The molecule has 3 heterocycles. The van der Waals surface area contributed by atoms with Crippen molar-refractivity contribution in [3.8, 4) is 0 Å². The Balaban J connectivity index is 1.35. The van der Waals surface area contributed by atoms with Gasteiger partial charge in [-0.3, -0.25) is 14.4 Å². The molecule has 7 heteroatoms. The van der Waals surface area contributed by atoms with Crippen LogP contribution in [0.5, 0.6) is 0 Å². The SMILES string of the molecule is Cc1nn(Cc2ccc(C(=O)Nc3ccc(CN4CCCCC4)cc3)o2)c(C)c1Cl. The van der Waals surface area contributed by atoms with Crippen molar-refractivity contribution in [3.63, 3.8) is 0 Å². The number of aryl methyl sites for hydroxylation is 1. The monoisotopic (exact) mass is 426 g/mol. The standard InChI is InChI=1S/C23H27ClN4O2/c1-16-22(24)17(2)28(26-16)15-20-10-11-21(30-20)23(29)25-19-8-6-18(7-9-19)14-27-12-4-3-5-13-27/h6-11H,3-5,12-15H2,1-2H3,(H,25,29). The van der Waals surface area contributed by atoms with Gasteiger partial charge in [-0.1, -0.05) is 30.2 Å². The number of likely N-dealkylation sites (tertiary alicyclic amines) is 1. The number of aromatic nitrogens is 2. The number of amides is 1. The molecule has 0 bridgehead atoms. The number of piperidine rings is 1. The molecule has 0 saturated carbocycles. The van der Waals surface area contributed by atoms with E-state index in [1.54, 1.807) is 16.8 Å². The molecule has 1 aromatic carbocycles. The van der Waals surface area contributed by atoms with Crippen molar-refractivity contribution >= 4 is 23.2 Å². The number of nitrogens with one attached hydrogen (secondary N) is 1. The molecule has 158 valence electrons. The first-order chi connectivity index (χ1) is 14.5. The van der Waals surface area contributed by atoms with Gasteiger partial charge >= 0.3 is 0 Å². The van der Waals surface area contributed by atoms with Crippen molar-refractivity contribution < 1.29 is 9.21 Å². The molecule has 4 rings (SSSR count). The van der Waals surface area contributed by atoms with Gasteiger partial charge in [0.2, 0.25) is 0 Å². The van der Waals surface area contributed by atoms with Crippen molar-refractivity contribution in [2.75, 3.05) is 18.4 Å². The predicted molar refractivity (Wildman–Crippen MR) is 118 cm³/mol. The Hall–Kier alpha value is -2.57. The fourth-order valence-corrected chi connectivity index (χ4v) is 3.96. The first-order valence-electron chi connectivity index (χ1n) is 10.4. The number of halogens is 1. The molecule has 0 atom stereocenters. The summed E-state index contributed by atoms with van der Waals surface area (Å²) in [6.45, 7) is 7.51. The van der Waals surface area contributed by atoms with Gasteiger partial charge in [-0.25, -0.2) is 0 Å². The van der Waals surface area contributed by atoms with Crippen LogP contribution in [0, 0.1) is 13.8 Å². The van der Waals surface area contributed by atoms with Crippen molar-refractivity contribution in [2.45, 2.75) is 46.2 Å². The summed E-state index contributed by atoms with van der Waals surface area (Å²) in [5.74, 6) is 0.658. The number of rotatable bonds is 6. The summed E-state index contributed by atoms with van der Waals surface area (Å²) in [6, 6.07) is 11.5. The molecule has 0 radical (unpaired) electrons. The summed E-state index contributed by atoms with van der Waals surface area (Å²) < 4.78 is 7.50. The molecule has 0 unspecified atom stereocenters. The fraction of sp³-hybridized carbons (Fsp3) is 0.391. The first kappa shape index (κ1) is 20.7. The van der Waals surface area contributed by atoms with Gasteiger partial charge in [-0.15, -0.1) is 0 Å². The highest BCUT2D eigenvalue weighted by Crippen LogP contribution is 2.21. The van der Waals surface area contributed by atoms with E-state index in [1.165, 1.54) is 37.9 Å². The Morgan fingerprint density at radius 1 is 1.07 bits per heavy atom. The van der Waals surface area contributed by atoms with Crippen LogP contribution in [-0.2, 0) is 13.1 Å². The Morgan fingerprint density at radius 3 is 2.47 bits per heavy atom. The molecule has 1 amide bonds. The van der Waals surface area contributed by atoms with Gasteiger partial charge < -0.3 is 9.73 Å². The molecular weight excluding hydrogens is 400 g/mol. The summed E-state index contributed by atoms with van der Waals surface area (Å²) in [7, 11) is 0. The van der Waals surface area contributed by atoms with Crippen LogP contribution in [0.3, 0.4) is 0 Å². The van der Waals surface area contributed by atoms with Gasteiger partial charge in [0.05, 0.1) is 23.0 Å². The van der Waals surface area contributed by atoms with Crippen LogP contribution >= 0.6 is 11.6 Å². The number of nitrogens with zero attached hydrogens (tertiary/aromatic N) is 3. The lowest BCUT2D eigenvalue weighted by atomic mass is 10.1. The van der Waals surface area contributed by atoms with Crippen molar-refractivity contribution in [1.82, 2.24) is 14.7 Å². The van der Waals surface area contributed by atoms with Gasteiger partial charge in [0, 0.05) is 12.2 Å². The quantitative estimate of drug-likeness (QED) is 0.600. The normalized spacial score (nSPS) is 14.8. The predicted octanol–water partition coefficient (Wildman–Crippen LogP) is 5.03. The van der Waals surface area contributed by atoms with E-state index in [9.17, 15) is 4.79 Å². The molecule has 0 spiro atoms. The van der Waals surface area contributed by atoms with Crippen LogP contribution in [-0.4, -0.2) is 33.7 Å². The highest BCUT2D eigenvalue weighted by molar-refractivity contribution is 6.31. The lowest BCUT2D eigenvalue weighted by Gasteiger charge is -2.26. The maximum atomic E-state index is 12.6. The molecule has 6 nitrogen and oxygen atoms in total. The molecule has 1 fully saturated rings. The van der Waals surface area contributed by atoms with Gasteiger partial charge in [-0.2, -0.15) is 5.10 Å². The van der Waals surface area contributed by atoms with E-state index in [2.05, 4.69) is 27.4 Å². The minimum atomic E-state index is -0.267. The largest absolute Gasteiger partial charge is 0.454 e. The average Bonchev–Trinajstić information content (AvgIpc) is 3.31. The average molecular weight is 427 g/mol. The van der Waals surface area contributed by atoms with Crippen LogP contribution in [0.4, 0.5) is 5.69 Å². The Bertz CT molecular complexity index is 1020. The third-order valence-corrected chi connectivity index (χ3v) is 6.10. The maximum Gasteiger partial charge on any atom is 0.291 e.